The van der Waals surface area contributed by atoms with Gasteiger partial charge in [0.2, 0.25) is 0 Å². The Morgan fingerprint density at radius 2 is 0.615 bits per heavy atom. The van der Waals surface area contributed by atoms with Gasteiger partial charge in [0.25, 0.3) is 0 Å². The van der Waals surface area contributed by atoms with Gasteiger partial charge >= 0.3 is 17.9 Å². The molecule has 6 heteroatoms. The molecule has 0 bridgehead atoms. The van der Waals surface area contributed by atoms with Crippen molar-refractivity contribution in [3.8, 4) is 0 Å². The van der Waals surface area contributed by atoms with Gasteiger partial charge in [0.1, 0.15) is 13.2 Å². The second-order valence-corrected chi connectivity index (χ2v) is 17.0. The molecule has 0 amide bonds. The van der Waals surface area contributed by atoms with Crippen LogP contribution in [0.4, 0.5) is 0 Å². The van der Waals surface area contributed by atoms with Crippen molar-refractivity contribution in [2.75, 3.05) is 13.2 Å². The predicted octanol–water partition coefficient (Wildman–Crippen LogP) is 17.5. The first kappa shape index (κ1) is 61.1. The SMILES string of the molecule is CC/C=C\C/C=C\C/C=C\C/C=C\C/C=C\CCCC(=O)OC[C@H](COC(=O)CCC/C=C\C/C=C\C/C=C\CCCCCCCC)OC(=O)CCCCCCC/C=C\CCCCCC. The van der Waals surface area contributed by atoms with Gasteiger partial charge in [-0.3, -0.25) is 14.4 Å². The van der Waals surface area contributed by atoms with Crippen LogP contribution in [0.1, 0.15) is 226 Å². The molecular formula is C59H96O6. The van der Waals surface area contributed by atoms with Crippen molar-refractivity contribution in [1.29, 1.82) is 0 Å². The maximum absolute atomic E-state index is 12.8. The van der Waals surface area contributed by atoms with Crippen LogP contribution < -0.4 is 0 Å². The van der Waals surface area contributed by atoms with Crippen LogP contribution in [0.3, 0.4) is 0 Å². The summed E-state index contributed by atoms with van der Waals surface area (Å²) in [7, 11) is 0. The summed E-state index contributed by atoms with van der Waals surface area (Å²) in [6, 6.07) is 0. The monoisotopic (exact) mass is 901 g/mol. The molecular weight excluding hydrogens is 805 g/mol. The van der Waals surface area contributed by atoms with Crippen LogP contribution in [0.5, 0.6) is 0 Å². The Balaban J connectivity index is 4.57. The fourth-order valence-corrected chi connectivity index (χ4v) is 6.78. The summed E-state index contributed by atoms with van der Waals surface area (Å²) < 4.78 is 16.7. The number of hydrogen-bond acceptors (Lipinski definition) is 6. The van der Waals surface area contributed by atoms with Gasteiger partial charge in [0.15, 0.2) is 6.10 Å². The first-order valence-electron chi connectivity index (χ1n) is 26.4. The largest absolute Gasteiger partial charge is 0.462 e. The van der Waals surface area contributed by atoms with Crippen LogP contribution in [0.15, 0.2) is 109 Å². The number of esters is 3. The highest BCUT2D eigenvalue weighted by molar-refractivity contribution is 5.71. The molecule has 0 heterocycles. The third-order valence-corrected chi connectivity index (χ3v) is 10.7. The van der Waals surface area contributed by atoms with Crippen molar-refractivity contribution in [3.63, 3.8) is 0 Å². The number of rotatable bonds is 46. The van der Waals surface area contributed by atoms with E-state index in [9.17, 15) is 14.4 Å². The standard InChI is InChI=1S/C59H96O6/c1-4-7-10-13-16-19-22-25-27-29-31-34-36-39-42-45-48-51-57(60)63-54-56(65-59(62)53-50-47-44-41-38-33-24-21-18-15-12-9-6-3)55-64-58(61)52-49-46-43-40-37-35-32-30-28-26-23-20-17-14-11-8-5-2/h7,10,16,19,21,24-28,31-32,34-35,39-40,42-43,56H,4-6,8-9,11-15,17-18,20,22-23,29-30,33,36-38,41,44-55H2,1-3H3/b10-7-,19-16-,24-21-,27-25-,28-26-,34-31-,35-32-,42-39-,43-40-/t56-/m1/s1. The molecule has 0 aliphatic carbocycles. The van der Waals surface area contributed by atoms with E-state index in [0.29, 0.717) is 19.3 Å². The molecule has 0 rings (SSSR count). The van der Waals surface area contributed by atoms with Gasteiger partial charge in [0.05, 0.1) is 0 Å². The second kappa shape index (κ2) is 52.7. The molecule has 0 N–H and O–H groups in total. The van der Waals surface area contributed by atoms with Gasteiger partial charge in [-0.05, 0) is 116 Å². The molecule has 1 atom stereocenters. The normalized spacial score (nSPS) is 13.0. The summed E-state index contributed by atoms with van der Waals surface area (Å²) in [6.07, 6.45) is 70.8. The maximum atomic E-state index is 12.8. The molecule has 368 valence electrons. The van der Waals surface area contributed by atoms with Crippen LogP contribution in [0.25, 0.3) is 0 Å². The molecule has 65 heavy (non-hydrogen) atoms. The number of hydrogen-bond donors (Lipinski definition) is 0. The van der Waals surface area contributed by atoms with E-state index in [4.69, 9.17) is 14.2 Å². The fraction of sp³-hybridized carbons (Fsp3) is 0.644. The Labute approximate surface area is 400 Å². The van der Waals surface area contributed by atoms with E-state index in [1.807, 2.05) is 0 Å². The molecule has 0 aromatic rings. The second-order valence-electron chi connectivity index (χ2n) is 17.0. The summed E-state index contributed by atoms with van der Waals surface area (Å²) in [5.74, 6) is -1.05. The van der Waals surface area contributed by atoms with Crippen molar-refractivity contribution in [2.24, 2.45) is 0 Å². The van der Waals surface area contributed by atoms with Crippen LogP contribution >= 0.6 is 0 Å². The van der Waals surface area contributed by atoms with Crippen LogP contribution in [-0.2, 0) is 28.6 Å². The molecule has 0 aliphatic heterocycles. The average molecular weight is 901 g/mol. The van der Waals surface area contributed by atoms with Gasteiger partial charge in [-0.25, -0.2) is 0 Å². The van der Waals surface area contributed by atoms with Crippen LogP contribution in [0.2, 0.25) is 0 Å². The van der Waals surface area contributed by atoms with E-state index in [2.05, 4.69) is 130 Å². The van der Waals surface area contributed by atoms with E-state index >= 15 is 0 Å². The van der Waals surface area contributed by atoms with E-state index in [-0.39, 0.29) is 44.0 Å². The lowest BCUT2D eigenvalue weighted by Gasteiger charge is -2.18. The molecule has 0 fully saturated rings. The molecule has 0 spiro atoms. The van der Waals surface area contributed by atoms with E-state index in [0.717, 1.165) is 89.9 Å². The van der Waals surface area contributed by atoms with Crippen molar-refractivity contribution in [3.05, 3.63) is 109 Å². The van der Waals surface area contributed by atoms with Gasteiger partial charge in [-0.15, -0.1) is 0 Å². The summed E-state index contributed by atoms with van der Waals surface area (Å²) in [5, 5.41) is 0. The quantitative estimate of drug-likeness (QED) is 0.0262. The minimum absolute atomic E-state index is 0.127. The Kier molecular flexibility index (Phi) is 49.5. The lowest BCUT2D eigenvalue weighted by molar-refractivity contribution is -0.167. The van der Waals surface area contributed by atoms with E-state index < -0.39 is 6.10 Å². The van der Waals surface area contributed by atoms with Gasteiger partial charge in [0, 0.05) is 19.3 Å². The molecule has 0 aromatic carbocycles. The Morgan fingerprint density at radius 3 is 1.02 bits per heavy atom. The van der Waals surface area contributed by atoms with Crippen LogP contribution in [0, 0.1) is 0 Å². The molecule has 0 aromatic heterocycles. The third kappa shape index (κ3) is 50.9. The zero-order chi connectivity index (χ0) is 47.2. The number of unbranched alkanes of at least 4 members (excludes halogenated alkanes) is 17. The number of carbonyl (C=O) groups is 3. The smallest absolute Gasteiger partial charge is 0.306 e. The maximum Gasteiger partial charge on any atom is 0.306 e. The van der Waals surface area contributed by atoms with Gasteiger partial charge in [-0.1, -0.05) is 201 Å². The van der Waals surface area contributed by atoms with Crippen molar-refractivity contribution >= 4 is 17.9 Å². The minimum Gasteiger partial charge on any atom is -0.462 e. The molecule has 0 unspecified atom stereocenters. The topological polar surface area (TPSA) is 78.9 Å². The summed E-state index contributed by atoms with van der Waals surface area (Å²) in [4.78, 5) is 38.0. The summed E-state index contributed by atoms with van der Waals surface area (Å²) in [5.41, 5.74) is 0. The van der Waals surface area contributed by atoms with Gasteiger partial charge < -0.3 is 14.2 Å². The van der Waals surface area contributed by atoms with Crippen molar-refractivity contribution < 1.29 is 28.6 Å². The lowest BCUT2D eigenvalue weighted by atomic mass is 10.1. The molecule has 0 saturated heterocycles. The molecule has 0 aliphatic rings. The van der Waals surface area contributed by atoms with Crippen LogP contribution in [-0.4, -0.2) is 37.2 Å². The predicted molar refractivity (Wildman–Crippen MR) is 279 cm³/mol. The average Bonchev–Trinajstić information content (AvgIpc) is 3.30. The zero-order valence-corrected chi connectivity index (χ0v) is 42.0. The summed E-state index contributed by atoms with van der Waals surface area (Å²) in [6.45, 7) is 6.39. The molecule has 0 saturated carbocycles. The Morgan fingerprint density at radius 1 is 0.323 bits per heavy atom. The first-order chi connectivity index (χ1) is 32.0. The lowest BCUT2D eigenvalue weighted by Crippen LogP contribution is -2.30. The zero-order valence-electron chi connectivity index (χ0n) is 42.0. The highest BCUT2D eigenvalue weighted by Gasteiger charge is 2.19. The number of carbonyl (C=O) groups excluding carboxylic acids is 3. The Bertz CT molecular complexity index is 1360. The highest BCUT2D eigenvalue weighted by atomic mass is 16.6. The number of ether oxygens (including phenoxy) is 3. The van der Waals surface area contributed by atoms with E-state index in [1.54, 1.807) is 0 Å². The van der Waals surface area contributed by atoms with Crippen molar-refractivity contribution in [2.45, 2.75) is 232 Å². The number of allylic oxidation sites excluding steroid dienone is 18. The van der Waals surface area contributed by atoms with Crippen molar-refractivity contribution in [1.82, 2.24) is 0 Å². The van der Waals surface area contributed by atoms with E-state index in [1.165, 1.54) is 83.5 Å². The fourth-order valence-electron chi connectivity index (χ4n) is 6.78. The minimum atomic E-state index is -0.827. The Hall–Kier alpha value is -3.93. The summed E-state index contributed by atoms with van der Waals surface area (Å²) >= 11 is 0. The van der Waals surface area contributed by atoms with Gasteiger partial charge in [-0.2, -0.15) is 0 Å². The molecule has 6 nitrogen and oxygen atoms in total. The molecule has 0 radical (unpaired) electrons. The third-order valence-electron chi connectivity index (χ3n) is 10.7. The first-order valence-corrected chi connectivity index (χ1v) is 26.4. The highest BCUT2D eigenvalue weighted by Crippen LogP contribution is 2.12.